The third kappa shape index (κ3) is 5.67. The Bertz CT molecular complexity index is 161. The maximum atomic E-state index is 10.5. The minimum Gasteiger partial charge on any atom is -0.370 e. The van der Waals surface area contributed by atoms with Gasteiger partial charge in [0.05, 0.1) is 0 Å². The summed E-state index contributed by atoms with van der Waals surface area (Å²) in [6.07, 6.45) is 3.76. The highest BCUT2D eigenvalue weighted by molar-refractivity contribution is 5.73. The Labute approximate surface area is 81.9 Å². The van der Waals surface area contributed by atoms with Crippen LogP contribution in [0.25, 0.3) is 0 Å². The molecule has 0 unspecified atom stereocenters. The summed E-state index contributed by atoms with van der Waals surface area (Å²) in [5.41, 5.74) is 5.45. The molecule has 1 amide bonds. The van der Waals surface area contributed by atoms with Crippen molar-refractivity contribution >= 4 is 5.91 Å². The van der Waals surface area contributed by atoms with Gasteiger partial charge < -0.3 is 5.73 Å². The van der Waals surface area contributed by atoms with E-state index in [4.69, 9.17) is 5.73 Å². The van der Waals surface area contributed by atoms with E-state index < -0.39 is 0 Å². The van der Waals surface area contributed by atoms with E-state index >= 15 is 0 Å². The van der Waals surface area contributed by atoms with Gasteiger partial charge in [-0.15, -0.1) is 0 Å². The number of hydrogen-bond donors (Lipinski definition) is 1. The molecule has 2 nitrogen and oxygen atoms in total. The monoisotopic (exact) mass is 185 g/mol. The van der Waals surface area contributed by atoms with Crippen molar-refractivity contribution in [3.63, 3.8) is 0 Å². The summed E-state index contributed by atoms with van der Waals surface area (Å²) < 4.78 is 0. The van der Waals surface area contributed by atoms with Gasteiger partial charge in [-0.25, -0.2) is 0 Å². The molecule has 0 radical (unpaired) electrons. The van der Waals surface area contributed by atoms with Gasteiger partial charge in [0.15, 0.2) is 0 Å². The zero-order valence-electron chi connectivity index (χ0n) is 9.39. The molecule has 0 aromatic carbocycles. The number of carbonyl (C=O) groups excluding carboxylic acids is 1. The molecule has 0 heterocycles. The minimum absolute atomic E-state index is 0.178. The number of unbranched alkanes of at least 4 members (excludes halogenated alkanes) is 1. The largest absolute Gasteiger partial charge is 0.370 e. The lowest BCUT2D eigenvalue weighted by molar-refractivity contribution is -0.118. The first-order chi connectivity index (χ1) is 5.86. The van der Waals surface area contributed by atoms with E-state index in [1.807, 2.05) is 0 Å². The molecule has 0 aliphatic rings. The molecule has 0 atom stereocenters. The summed E-state index contributed by atoms with van der Waals surface area (Å²) in [5, 5.41) is 0. The maximum absolute atomic E-state index is 10.5. The first-order valence-electron chi connectivity index (χ1n) is 5.14. The fourth-order valence-corrected chi connectivity index (χ4v) is 1.17. The highest BCUT2D eigenvalue weighted by Gasteiger charge is 2.21. The van der Waals surface area contributed by atoms with Crippen molar-refractivity contribution in [2.45, 2.75) is 53.4 Å². The van der Waals surface area contributed by atoms with Crippen LogP contribution in [0.4, 0.5) is 0 Å². The van der Waals surface area contributed by atoms with Crippen molar-refractivity contribution in [1.29, 1.82) is 0 Å². The molecular weight excluding hydrogens is 162 g/mol. The van der Waals surface area contributed by atoms with Crippen LogP contribution >= 0.6 is 0 Å². The molecule has 0 aliphatic heterocycles. The molecule has 0 spiro atoms. The Hall–Kier alpha value is -0.530. The lowest BCUT2D eigenvalue weighted by Crippen LogP contribution is -2.19. The summed E-state index contributed by atoms with van der Waals surface area (Å²) in [5.74, 6) is 0.517. The smallest absolute Gasteiger partial charge is 0.217 e. The first kappa shape index (κ1) is 12.5. The number of nitrogens with two attached hydrogens (primary N) is 1. The average Bonchev–Trinajstić information content (AvgIpc) is 1.97. The predicted molar refractivity (Wildman–Crippen MR) is 56.3 cm³/mol. The van der Waals surface area contributed by atoms with Gasteiger partial charge in [0.2, 0.25) is 5.91 Å². The molecule has 78 valence electrons. The van der Waals surface area contributed by atoms with Gasteiger partial charge in [0, 0.05) is 6.42 Å². The summed E-state index contributed by atoms with van der Waals surface area (Å²) in [7, 11) is 0. The Kier molecular flexibility index (Phi) is 5.04. The highest BCUT2D eigenvalue weighted by atomic mass is 16.1. The van der Waals surface area contributed by atoms with Crippen LogP contribution in [0.3, 0.4) is 0 Å². The molecule has 0 saturated heterocycles. The standard InChI is InChI=1S/C11H23NO/c1-9(2)11(3,4)8-6-5-7-10(12)13/h9H,5-8H2,1-4H3,(H2,12,13). The number of hydrogen-bond acceptors (Lipinski definition) is 1. The number of carbonyl (C=O) groups is 1. The van der Waals surface area contributed by atoms with Crippen molar-refractivity contribution < 1.29 is 4.79 Å². The van der Waals surface area contributed by atoms with E-state index in [0.717, 1.165) is 12.8 Å². The van der Waals surface area contributed by atoms with E-state index in [0.29, 0.717) is 17.8 Å². The maximum Gasteiger partial charge on any atom is 0.217 e. The van der Waals surface area contributed by atoms with Gasteiger partial charge in [-0.1, -0.05) is 34.1 Å². The number of amides is 1. The van der Waals surface area contributed by atoms with Crippen LogP contribution in [-0.2, 0) is 4.79 Å². The van der Waals surface area contributed by atoms with Crippen molar-refractivity contribution in [2.24, 2.45) is 17.1 Å². The van der Waals surface area contributed by atoms with Crippen LogP contribution in [0, 0.1) is 11.3 Å². The lowest BCUT2D eigenvalue weighted by atomic mass is 9.77. The van der Waals surface area contributed by atoms with Gasteiger partial charge in [-0.2, -0.15) is 0 Å². The molecule has 2 heteroatoms. The average molecular weight is 185 g/mol. The normalized spacial score (nSPS) is 12.1. The minimum atomic E-state index is -0.178. The second-order valence-corrected chi connectivity index (χ2v) is 4.82. The summed E-state index contributed by atoms with van der Waals surface area (Å²) in [6.45, 7) is 9.05. The van der Waals surface area contributed by atoms with Crippen molar-refractivity contribution in [2.75, 3.05) is 0 Å². The molecule has 13 heavy (non-hydrogen) atoms. The molecule has 2 N–H and O–H groups in total. The predicted octanol–water partition coefficient (Wildman–Crippen LogP) is 2.71. The molecule has 0 bridgehead atoms. The lowest BCUT2D eigenvalue weighted by Gasteiger charge is -2.29. The van der Waals surface area contributed by atoms with Crippen LogP contribution in [0.1, 0.15) is 53.4 Å². The Morgan fingerprint density at radius 2 is 1.85 bits per heavy atom. The quantitative estimate of drug-likeness (QED) is 0.635. The molecule has 0 fully saturated rings. The number of rotatable bonds is 6. The Balaban J connectivity index is 3.58. The van der Waals surface area contributed by atoms with Crippen molar-refractivity contribution in [3.8, 4) is 0 Å². The van der Waals surface area contributed by atoms with Gasteiger partial charge in [-0.05, 0) is 24.2 Å². The molecular formula is C11H23NO. The van der Waals surface area contributed by atoms with Crippen LogP contribution < -0.4 is 5.73 Å². The SMILES string of the molecule is CC(C)C(C)(C)CCCCC(N)=O. The highest BCUT2D eigenvalue weighted by Crippen LogP contribution is 2.31. The van der Waals surface area contributed by atoms with Crippen LogP contribution in [0.15, 0.2) is 0 Å². The summed E-state index contributed by atoms with van der Waals surface area (Å²) in [4.78, 5) is 10.5. The van der Waals surface area contributed by atoms with E-state index in [-0.39, 0.29) is 5.91 Å². The van der Waals surface area contributed by atoms with Gasteiger partial charge >= 0.3 is 0 Å². The van der Waals surface area contributed by atoms with Crippen molar-refractivity contribution in [3.05, 3.63) is 0 Å². The van der Waals surface area contributed by atoms with Gasteiger partial charge in [0.1, 0.15) is 0 Å². The van der Waals surface area contributed by atoms with Crippen molar-refractivity contribution in [1.82, 2.24) is 0 Å². The van der Waals surface area contributed by atoms with E-state index in [1.54, 1.807) is 0 Å². The van der Waals surface area contributed by atoms with E-state index in [1.165, 1.54) is 6.42 Å². The zero-order chi connectivity index (χ0) is 10.5. The van der Waals surface area contributed by atoms with Crippen LogP contribution in [-0.4, -0.2) is 5.91 Å². The first-order valence-corrected chi connectivity index (χ1v) is 5.14. The summed E-state index contributed by atoms with van der Waals surface area (Å²) >= 11 is 0. The molecule has 0 rings (SSSR count). The zero-order valence-corrected chi connectivity index (χ0v) is 9.39. The van der Waals surface area contributed by atoms with Gasteiger partial charge in [0.25, 0.3) is 0 Å². The second kappa shape index (κ2) is 5.25. The molecule has 0 saturated carbocycles. The third-order valence-corrected chi connectivity index (χ3v) is 3.06. The third-order valence-electron chi connectivity index (χ3n) is 3.06. The Morgan fingerprint density at radius 3 is 2.23 bits per heavy atom. The van der Waals surface area contributed by atoms with Gasteiger partial charge in [-0.3, -0.25) is 4.79 Å². The van der Waals surface area contributed by atoms with E-state index in [9.17, 15) is 4.79 Å². The summed E-state index contributed by atoms with van der Waals surface area (Å²) in [6, 6.07) is 0. The molecule has 0 aromatic heterocycles. The molecule has 0 aromatic rings. The number of primary amides is 1. The fraction of sp³-hybridized carbons (Fsp3) is 0.909. The van der Waals surface area contributed by atoms with E-state index in [2.05, 4.69) is 27.7 Å². The Morgan fingerprint density at radius 1 is 1.31 bits per heavy atom. The molecule has 0 aliphatic carbocycles. The van der Waals surface area contributed by atoms with Crippen LogP contribution in [0.2, 0.25) is 0 Å². The second-order valence-electron chi connectivity index (χ2n) is 4.82. The fourth-order valence-electron chi connectivity index (χ4n) is 1.17. The topological polar surface area (TPSA) is 43.1 Å². The van der Waals surface area contributed by atoms with Crippen LogP contribution in [0.5, 0.6) is 0 Å².